The van der Waals surface area contributed by atoms with Gasteiger partial charge in [0.05, 0.1) is 6.42 Å². The van der Waals surface area contributed by atoms with Crippen LogP contribution in [0.2, 0.25) is 0 Å². The number of carbonyl (C=O) groups is 1. The van der Waals surface area contributed by atoms with Crippen LogP contribution < -0.4 is 9.44 Å². The summed E-state index contributed by atoms with van der Waals surface area (Å²) >= 11 is 0. The van der Waals surface area contributed by atoms with Gasteiger partial charge in [0.25, 0.3) is 10.2 Å². The van der Waals surface area contributed by atoms with Crippen molar-refractivity contribution in [3.05, 3.63) is 0 Å². The molecule has 0 saturated heterocycles. The first-order valence-corrected chi connectivity index (χ1v) is 8.69. The maximum atomic E-state index is 11.8. The molecule has 0 amide bonds. The normalized spacial score (nSPS) is 19.1. The van der Waals surface area contributed by atoms with Crippen LogP contribution in [0.4, 0.5) is 0 Å². The summed E-state index contributed by atoms with van der Waals surface area (Å²) in [7, 11) is -3.54. The van der Waals surface area contributed by atoms with E-state index in [0.29, 0.717) is 6.54 Å². The van der Waals surface area contributed by atoms with Gasteiger partial charge in [-0.25, -0.2) is 9.44 Å². The Morgan fingerprint density at radius 3 is 2.30 bits per heavy atom. The molecular formula is C13H26N2O4S. The van der Waals surface area contributed by atoms with Gasteiger partial charge in [-0.2, -0.15) is 8.42 Å². The smallest absolute Gasteiger partial charge is 0.303 e. The molecule has 0 heterocycles. The summed E-state index contributed by atoms with van der Waals surface area (Å²) in [6.07, 6.45) is 4.60. The fraction of sp³-hybridized carbons (Fsp3) is 0.923. The van der Waals surface area contributed by atoms with E-state index < -0.39 is 21.6 Å². The van der Waals surface area contributed by atoms with Crippen LogP contribution in [-0.4, -0.2) is 32.6 Å². The Bertz CT molecular complexity index is 414. The molecule has 1 fully saturated rings. The minimum absolute atomic E-state index is 0.0275. The Labute approximate surface area is 121 Å². The lowest BCUT2D eigenvalue weighted by Gasteiger charge is -2.36. The number of aliphatic carboxylic acids is 1. The molecule has 0 aliphatic heterocycles. The van der Waals surface area contributed by atoms with Gasteiger partial charge < -0.3 is 5.11 Å². The van der Waals surface area contributed by atoms with Gasteiger partial charge in [0.15, 0.2) is 0 Å². The van der Waals surface area contributed by atoms with E-state index in [4.69, 9.17) is 5.11 Å². The van der Waals surface area contributed by atoms with E-state index in [1.165, 1.54) is 0 Å². The predicted molar refractivity (Wildman–Crippen MR) is 77.5 cm³/mol. The number of hydrogen-bond donors (Lipinski definition) is 3. The van der Waals surface area contributed by atoms with Gasteiger partial charge in [0.1, 0.15) is 0 Å². The van der Waals surface area contributed by atoms with Crippen molar-refractivity contribution in [2.75, 3.05) is 13.1 Å². The monoisotopic (exact) mass is 306 g/mol. The summed E-state index contributed by atoms with van der Waals surface area (Å²) in [5.74, 6) is -0.629. The molecule has 1 saturated carbocycles. The summed E-state index contributed by atoms with van der Waals surface area (Å²) in [5, 5.41) is 9.04. The third-order valence-electron chi connectivity index (χ3n) is 3.76. The maximum Gasteiger partial charge on any atom is 0.303 e. The number of nitrogens with one attached hydrogen (secondary N) is 2. The fourth-order valence-corrected chi connectivity index (χ4v) is 3.77. The van der Waals surface area contributed by atoms with E-state index in [9.17, 15) is 13.2 Å². The number of carboxylic acid groups (broad SMARTS) is 1. The average molecular weight is 306 g/mol. The van der Waals surface area contributed by atoms with Crippen molar-refractivity contribution < 1.29 is 18.3 Å². The zero-order chi connectivity index (χ0) is 15.2. The van der Waals surface area contributed by atoms with Crippen LogP contribution >= 0.6 is 0 Å². The van der Waals surface area contributed by atoms with Gasteiger partial charge in [0, 0.05) is 13.1 Å². The van der Waals surface area contributed by atoms with Crippen molar-refractivity contribution in [3.63, 3.8) is 0 Å². The third kappa shape index (κ3) is 6.19. The zero-order valence-electron chi connectivity index (χ0n) is 12.3. The second kappa shape index (κ2) is 7.38. The van der Waals surface area contributed by atoms with Crippen LogP contribution in [0.25, 0.3) is 0 Å². The molecule has 0 spiro atoms. The first-order valence-electron chi connectivity index (χ1n) is 7.21. The van der Waals surface area contributed by atoms with Gasteiger partial charge in [-0.1, -0.05) is 33.1 Å². The molecule has 118 valence electrons. The second-order valence-electron chi connectivity index (χ2n) is 6.20. The highest BCUT2D eigenvalue weighted by molar-refractivity contribution is 7.87. The molecule has 1 rings (SSSR count). The summed E-state index contributed by atoms with van der Waals surface area (Å²) < 4.78 is 28.7. The molecule has 6 nitrogen and oxygen atoms in total. The van der Waals surface area contributed by atoms with Crippen molar-refractivity contribution >= 4 is 16.2 Å². The molecular weight excluding hydrogens is 280 g/mol. The summed E-state index contributed by atoms with van der Waals surface area (Å²) in [4.78, 5) is 11.0. The molecule has 0 unspecified atom stereocenters. The van der Waals surface area contributed by atoms with Crippen molar-refractivity contribution in [1.29, 1.82) is 0 Å². The van der Waals surface area contributed by atoms with Gasteiger partial charge in [0.2, 0.25) is 0 Å². The van der Waals surface area contributed by atoms with E-state index in [1.807, 2.05) is 13.8 Å². The van der Waals surface area contributed by atoms with Gasteiger partial charge in [-0.3, -0.25) is 4.79 Å². The average Bonchev–Trinajstić information content (AvgIpc) is 2.35. The molecule has 20 heavy (non-hydrogen) atoms. The molecule has 0 aromatic heterocycles. The molecule has 1 aliphatic carbocycles. The Hall–Kier alpha value is -0.660. The highest BCUT2D eigenvalue weighted by Crippen LogP contribution is 2.38. The largest absolute Gasteiger partial charge is 0.481 e. The maximum absolute atomic E-state index is 11.8. The molecule has 0 atom stereocenters. The molecule has 1 aliphatic rings. The van der Waals surface area contributed by atoms with E-state index in [2.05, 4.69) is 9.44 Å². The summed E-state index contributed by atoms with van der Waals surface area (Å²) in [5.41, 5.74) is -0.434. The number of hydrogen-bond acceptors (Lipinski definition) is 3. The van der Waals surface area contributed by atoms with Crippen LogP contribution in [0.5, 0.6) is 0 Å². The lowest BCUT2D eigenvalue weighted by atomic mass is 9.72. The minimum atomic E-state index is -3.54. The summed E-state index contributed by atoms with van der Waals surface area (Å²) in [6.45, 7) is 4.43. The highest BCUT2D eigenvalue weighted by Gasteiger charge is 2.35. The highest BCUT2D eigenvalue weighted by atomic mass is 32.2. The van der Waals surface area contributed by atoms with E-state index in [1.54, 1.807) is 0 Å². The van der Waals surface area contributed by atoms with E-state index in [-0.39, 0.29) is 18.9 Å². The molecule has 0 aromatic carbocycles. The van der Waals surface area contributed by atoms with Crippen LogP contribution in [0, 0.1) is 11.3 Å². The van der Waals surface area contributed by atoms with Gasteiger partial charge in [-0.05, 0) is 24.2 Å². The first kappa shape index (κ1) is 17.4. The predicted octanol–water partition coefficient (Wildman–Crippen LogP) is 1.49. The van der Waals surface area contributed by atoms with Crippen molar-refractivity contribution in [2.24, 2.45) is 11.3 Å². The number of rotatable bonds is 8. The topological polar surface area (TPSA) is 95.5 Å². The Morgan fingerprint density at radius 2 is 1.80 bits per heavy atom. The van der Waals surface area contributed by atoms with Crippen LogP contribution in [-0.2, 0) is 15.0 Å². The zero-order valence-corrected chi connectivity index (χ0v) is 13.1. The number of carboxylic acids is 1. The standard InChI is InChI=1S/C13H26N2O4S/c1-11(2)9-14-20(18,19)15-10-13(8-12(16)17)6-4-3-5-7-13/h11,14-15H,3-10H2,1-2H3,(H,16,17). The van der Waals surface area contributed by atoms with Crippen LogP contribution in [0.1, 0.15) is 52.4 Å². The molecule has 0 aromatic rings. The van der Waals surface area contributed by atoms with Crippen LogP contribution in [0.3, 0.4) is 0 Å². The fourth-order valence-electron chi connectivity index (χ4n) is 2.61. The SMILES string of the molecule is CC(C)CNS(=O)(=O)NCC1(CC(=O)O)CCCCC1. The Kier molecular flexibility index (Phi) is 6.42. The van der Waals surface area contributed by atoms with Crippen molar-refractivity contribution in [3.8, 4) is 0 Å². The lowest BCUT2D eigenvalue weighted by Crippen LogP contribution is -2.45. The molecule has 0 bridgehead atoms. The van der Waals surface area contributed by atoms with Crippen molar-refractivity contribution in [2.45, 2.75) is 52.4 Å². The van der Waals surface area contributed by atoms with Gasteiger partial charge >= 0.3 is 5.97 Å². The van der Waals surface area contributed by atoms with Crippen molar-refractivity contribution in [1.82, 2.24) is 9.44 Å². The summed E-state index contributed by atoms with van der Waals surface area (Å²) in [6, 6.07) is 0. The first-order chi connectivity index (χ1) is 9.25. The molecule has 7 heteroatoms. The third-order valence-corrected chi connectivity index (χ3v) is 4.83. The quantitative estimate of drug-likeness (QED) is 0.633. The Balaban J connectivity index is 2.59. The van der Waals surface area contributed by atoms with Crippen LogP contribution in [0.15, 0.2) is 0 Å². The lowest BCUT2D eigenvalue weighted by molar-refractivity contribution is -0.140. The minimum Gasteiger partial charge on any atom is -0.481 e. The second-order valence-corrected chi connectivity index (χ2v) is 7.78. The van der Waals surface area contributed by atoms with E-state index in [0.717, 1.165) is 32.1 Å². The Morgan fingerprint density at radius 1 is 1.20 bits per heavy atom. The van der Waals surface area contributed by atoms with E-state index >= 15 is 0 Å². The molecule has 3 N–H and O–H groups in total. The molecule has 0 radical (unpaired) electrons. The van der Waals surface area contributed by atoms with Gasteiger partial charge in [-0.15, -0.1) is 0 Å².